The Hall–Kier alpha value is -2.18. The summed E-state index contributed by atoms with van der Waals surface area (Å²) in [5.74, 6) is 0.600. The van der Waals surface area contributed by atoms with Gasteiger partial charge in [-0.3, -0.25) is 0 Å². The third kappa shape index (κ3) is 5.17. The summed E-state index contributed by atoms with van der Waals surface area (Å²) in [5.41, 5.74) is 9.96. The standard InChI is InChI=1S/C21H24N2O3.ClH/c1-15-2-6-18(7-3-15)20-23-19(12-26-20)17-8-4-16(5-9-17)10-11-21(22,13-24)14-25;/h2-9,12,24-25H,10-11,13-14,22H2,1H3;1H. The van der Waals surface area contributed by atoms with Gasteiger partial charge in [-0.1, -0.05) is 42.0 Å². The number of aromatic nitrogens is 1. The molecule has 0 bridgehead atoms. The van der Waals surface area contributed by atoms with E-state index in [9.17, 15) is 10.2 Å². The molecule has 3 rings (SSSR count). The van der Waals surface area contributed by atoms with Crippen LogP contribution in [0.25, 0.3) is 22.7 Å². The van der Waals surface area contributed by atoms with Crippen LogP contribution in [0.4, 0.5) is 0 Å². The van der Waals surface area contributed by atoms with Crippen molar-refractivity contribution in [2.24, 2.45) is 5.73 Å². The van der Waals surface area contributed by atoms with Crippen molar-refractivity contribution in [1.82, 2.24) is 4.98 Å². The van der Waals surface area contributed by atoms with E-state index in [1.165, 1.54) is 5.56 Å². The van der Waals surface area contributed by atoms with E-state index in [4.69, 9.17) is 10.2 Å². The fourth-order valence-electron chi connectivity index (χ4n) is 2.68. The molecule has 1 aromatic heterocycles. The molecule has 6 heteroatoms. The number of hydrogen-bond acceptors (Lipinski definition) is 5. The van der Waals surface area contributed by atoms with Crippen LogP contribution in [-0.4, -0.2) is 33.9 Å². The summed E-state index contributed by atoms with van der Waals surface area (Å²) >= 11 is 0. The summed E-state index contributed by atoms with van der Waals surface area (Å²) in [5, 5.41) is 18.5. The molecule has 0 aliphatic heterocycles. The molecule has 4 N–H and O–H groups in total. The molecule has 0 spiro atoms. The van der Waals surface area contributed by atoms with Crippen LogP contribution in [-0.2, 0) is 6.42 Å². The summed E-state index contributed by atoms with van der Waals surface area (Å²) in [6.45, 7) is 1.58. The Balaban J connectivity index is 0.00000261. The first-order valence-electron chi connectivity index (χ1n) is 8.65. The average Bonchev–Trinajstić information content (AvgIpc) is 3.17. The molecule has 0 radical (unpaired) electrons. The first-order valence-corrected chi connectivity index (χ1v) is 8.65. The molecule has 0 amide bonds. The van der Waals surface area contributed by atoms with Crippen molar-refractivity contribution in [3.63, 3.8) is 0 Å². The second-order valence-corrected chi connectivity index (χ2v) is 6.78. The van der Waals surface area contributed by atoms with Gasteiger partial charge in [0.1, 0.15) is 12.0 Å². The fourth-order valence-corrected chi connectivity index (χ4v) is 2.68. The van der Waals surface area contributed by atoms with Crippen LogP contribution in [0.1, 0.15) is 17.5 Å². The van der Waals surface area contributed by atoms with Crippen molar-refractivity contribution in [2.45, 2.75) is 25.3 Å². The topological polar surface area (TPSA) is 92.5 Å². The van der Waals surface area contributed by atoms with Gasteiger partial charge < -0.3 is 20.4 Å². The molecular formula is C21H25ClN2O3. The first kappa shape index (κ1) is 21.1. The SMILES string of the molecule is Cc1ccc(-c2nc(-c3ccc(CCC(N)(CO)CO)cc3)co2)cc1.Cl. The highest BCUT2D eigenvalue weighted by Crippen LogP contribution is 2.25. The molecule has 0 saturated carbocycles. The zero-order chi connectivity index (χ0) is 18.6. The molecule has 27 heavy (non-hydrogen) atoms. The smallest absolute Gasteiger partial charge is 0.226 e. The number of benzene rings is 2. The van der Waals surface area contributed by atoms with E-state index in [0.29, 0.717) is 18.7 Å². The molecular weight excluding hydrogens is 364 g/mol. The Labute approximate surface area is 165 Å². The highest BCUT2D eigenvalue weighted by Gasteiger charge is 2.22. The van der Waals surface area contributed by atoms with Crippen molar-refractivity contribution in [3.8, 4) is 22.7 Å². The van der Waals surface area contributed by atoms with Gasteiger partial charge in [-0.25, -0.2) is 4.98 Å². The van der Waals surface area contributed by atoms with Gasteiger partial charge in [0.05, 0.1) is 18.8 Å². The van der Waals surface area contributed by atoms with Crippen LogP contribution in [0.3, 0.4) is 0 Å². The first-order chi connectivity index (χ1) is 12.5. The maximum Gasteiger partial charge on any atom is 0.226 e. The summed E-state index contributed by atoms with van der Waals surface area (Å²) in [6, 6.07) is 16.0. The van der Waals surface area contributed by atoms with Crippen LogP contribution >= 0.6 is 12.4 Å². The number of aliphatic hydroxyl groups is 2. The lowest BCUT2D eigenvalue weighted by atomic mass is 9.93. The predicted octanol–water partition coefficient (Wildman–Crippen LogP) is 3.35. The molecule has 0 unspecified atom stereocenters. The number of hydrogen-bond donors (Lipinski definition) is 3. The van der Waals surface area contributed by atoms with E-state index in [2.05, 4.69) is 4.98 Å². The monoisotopic (exact) mass is 388 g/mol. The minimum absolute atomic E-state index is 0. The Morgan fingerprint density at radius 1 is 0.963 bits per heavy atom. The molecule has 0 aliphatic rings. The lowest BCUT2D eigenvalue weighted by molar-refractivity contribution is 0.115. The molecule has 2 aromatic carbocycles. The number of nitrogens with two attached hydrogens (primary N) is 1. The maximum absolute atomic E-state index is 9.26. The van der Waals surface area contributed by atoms with E-state index in [1.54, 1.807) is 6.26 Å². The summed E-state index contributed by atoms with van der Waals surface area (Å²) in [4.78, 5) is 4.57. The third-order valence-corrected chi connectivity index (χ3v) is 4.59. The van der Waals surface area contributed by atoms with Crippen LogP contribution < -0.4 is 5.73 Å². The lowest BCUT2D eigenvalue weighted by Gasteiger charge is -2.24. The Kier molecular flexibility index (Phi) is 7.16. The zero-order valence-corrected chi connectivity index (χ0v) is 16.1. The number of oxazole rings is 1. The second-order valence-electron chi connectivity index (χ2n) is 6.78. The molecule has 1 heterocycles. The summed E-state index contributed by atoms with van der Waals surface area (Å²) in [6.07, 6.45) is 2.86. The largest absolute Gasteiger partial charge is 0.444 e. The highest BCUT2D eigenvalue weighted by molar-refractivity contribution is 5.85. The quantitative estimate of drug-likeness (QED) is 0.577. The van der Waals surface area contributed by atoms with E-state index >= 15 is 0 Å². The summed E-state index contributed by atoms with van der Waals surface area (Å²) in [7, 11) is 0. The van der Waals surface area contributed by atoms with Gasteiger partial charge >= 0.3 is 0 Å². The third-order valence-electron chi connectivity index (χ3n) is 4.59. The van der Waals surface area contributed by atoms with Gasteiger partial charge in [-0.15, -0.1) is 12.4 Å². The minimum Gasteiger partial charge on any atom is -0.444 e. The number of aryl methyl sites for hydroxylation is 2. The number of aliphatic hydroxyl groups excluding tert-OH is 2. The van der Waals surface area contributed by atoms with E-state index in [-0.39, 0.29) is 25.6 Å². The lowest BCUT2D eigenvalue weighted by Crippen LogP contribution is -2.47. The Morgan fingerprint density at radius 2 is 1.56 bits per heavy atom. The van der Waals surface area contributed by atoms with Gasteiger partial charge in [0.2, 0.25) is 5.89 Å². The Bertz CT molecular complexity index is 841. The van der Waals surface area contributed by atoms with Crippen LogP contribution in [0.2, 0.25) is 0 Å². The van der Waals surface area contributed by atoms with Gasteiger partial charge in [-0.05, 0) is 37.5 Å². The van der Waals surface area contributed by atoms with Crippen molar-refractivity contribution >= 4 is 12.4 Å². The van der Waals surface area contributed by atoms with Crippen LogP contribution in [0, 0.1) is 6.92 Å². The number of halogens is 1. The Morgan fingerprint density at radius 3 is 2.15 bits per heavy atom. The predicted molar refractivity (Wildman–Crippen MR) is 109 cm³/mol. The van der Waals surface area contributed by atoms with Gasteiger partial charge in [0.15, 0.2) is 0 Å². The van der Waals surface area contributed by atoms with Gasteiger partial charge in [0, 0.05) is 11.1 Å². The summed E-state index contributed by atoms with van der Waals surface area (Å²) < 4.78 is 5.61. The van der Waals surface area contributed by atoms with Crippen molar-refractivity contribution in [2.75, 3.05) is 13.2 Å². The van der Waals surface area contributed by atoms with Crippen molar-refractivity contribution in [1.29, 1.82) is 0 Å². The van der Waals surface area contributed by atoms with Gasteiger partial charge in [0.25, 0.3) is 0 Å². The number of rotatable bonds is 7. The zero-order valence-electron chi connectivity index (χ0n) is 15.3. The molecule has 0 atom stereocenters. The van der Waals surface area contributed by atoms with E-state index in [1.807, 2.05) is 55.5 Å². The molecule has 0 fully saturated rings. The normalized spacial score (nSPS) is 11.3. The maximum atomic E-state index is 9.26. The molecule has 0 aliphatic carbocycles. The molecule has 144 valence electrons. The average molecular weight is 389 g/mol. The fraction of sp³-hybridized carbons (Fsp3) is 0.286. The van der Waals surface area contributed by atoms with Crippen LogP contribution in [0.5, 0.6) is 0 Å². The molecule has 0 saturated heterocycles. The molecule has 5 nitrogen and oxygen atoms in total. The van der Waals surface area contributed by atoms with Crippen LogP contribution in [0.15, 0.2) is 59.2 Å². The number of nitrogens with zero attached hydrogens (tertiary/aromatic N) is 1. The highest BCUT2D eigenvalue weighted by atomic mass is 35.5. The molecule has 3 aromatic rings. The van der Waals surface area contributed by atoms with E-state index in [0.717, 1.165) is 22.4 Å². The minimum atomic E-state index is -0.937. The van der Waals surface area contributed by atoms with Gasteiger partial charge in [-0.2, -0.15) is 0 Å². The van der Waals surface area contributed by atoms with Crippen molar-refractivity contribution < 1.29 is 14.6 Å². The van der Waals surface area contributed by atoms with Crippen molar-refractivity contribution in [3.05, 3.63) is 65.9 Å². The van der Waals surface area contributed by atoms with E-state index < -0.39 is 5.54 Å². The second kappa shape index (κ2) is 9.15.